The molecule has 0 unspecified atom stereocenters. The minimum atomic E-state index is -0.602. The van der Waals surface area contributed by atoms with Crippen LogP contribution in [0, 0.1) is 0 Å². The van der Waals surface area contributed by atoms with Gasteiger partial charge in [-0.2, -0.15) is 0 Å². The second-order valence-corrected chi connectivity index (χ2v) is 6.57. The molecule has 0 radical (unpaired) electrons. The van der Waals surface area contributed by atoms with Crippen molar-refractivity contribution in [3.8, 4) is 0 Å². The van der Waals surface area contributed by atoms with E-state index in [1.807, 2.05) is 0 Å². The summed E-state index contributed by atoms with van der Waals surface area (Å²) in [6, 6.07) is -0.602. The van der Waals surface area contributed by atoms with Crippen LogP contribution in [0.3, 0.4) is 0 Å². The molecule has 0 aliphatic heterocycles. The van der Waals surface area contributed by atoms with Crippen LogP contribution in [0.2, 0.25) is 0 Å². The molecule has 146 valence electrons. The molecule has 24 heavy (non-hydrogen) atoms. The van der Waals surface area contributed by atoms with Crippen molar-refractivity contribution in [3.05, 3.63) is 0 Å². The van der Waals surface area contributed by atoms with Gasteiger partial charge in [0.2, 0.25) is 0 Å². The predicted molar refractivity (Wildman–Crippen MR) is 105 cm³/mol. The van der Waals surface area contributed by atoms with Crippen molar-refractivity contribution in [2.24, 2.45) is 11.7 Å². The largest absolute Gasteiger partial charge is 0.343 e. The van der Waals surface area contributed by atoms with Gasteiger partial charge in [-0.3, -0.25) is 10.9 Å². The fraction of sp³-hybridized carbons (Fsp3) is 0.947. The number of urea groups is 1. The summed E-state index contributed by atoms with van der Waals surface area (Å²) >= 11 is 0. The van der Waals surface area contributed by atoms with E-state index in [9.17, 15) is 4.79 Å². The maximum Gasteiger partial charge on any atom is 0.343 e. The van der Waals surface area contributed by atoms with E-state index in [0.29, 0.717) is 0 Å². The molecule has 0 aliphatic rings. The van der Waals surface area contributed by atoms with Gasteiger partial charge in [0.1, 0.15) is 0 Å². The molecule has 0 aromatic heterocycles. The summed E-state index contributed by atoms with van der Waals surface area (Å²) in [5.74, 6) is 9.08. The molecule has 0 bridgehead atoms. The van der Waals surface area contributed by atoms with Crippen molar-refractivity contribution in [2.45, 2.75) is 117 Å². The molecule has 5 nitrogen and oxygen atoms in total. The molecular weight excluding hydrogens is 300 g/mol. The van der Waals surface area contributed by atoms with Crippen molar-refractivity contribution >= 4 is 6.03 Å². The Morgan fingerprint density at radius 1 is 0.542 bits per heavy atom. The maximum atomic E-state index is 9.71. The Morgan fingerprint density at radius 2 is 0.750 bits per heavy atom. The number of amides is 2. The van der Waals surface area contributed by atoms with Gasteiger partial charge in [-0.05, 0) is 0 Å². The highest BCUT2D eigenvalue weighted by atomic mass is 16.2. The van der Waals surface area contributed by atoms with E-state index >= 15 is 0 Å². The Kier molecular flexibility index (Phi) is 25.9. The lowest BCUT2D eigenvalue weighted by Crippen LogP contribution is -2.43. The molecule has 2 amide bonds. The van der Waals surface area contributed by atoms with E-state index in [4.69, 9.17) is 0 Å². The first-order valence-corrected chi connectivity index (χ1v) is 10.2. The Bertz CT molecular complexity index is 215. The van der Waals surface area contributed by atoms with Gasteiger partial charge in [-0.15, -0.1) is 0 Å². The molecular formula is C19H44N4O. The highest BCUT2D eigenvalue weighted by Gasteiger charge is 1.93. The molecule has 6 N–H and O–H groups in total. The number of hydrogen-bond donors (Lipinski definition) is 4. The molecule has 0 fully saturated rings. The van der Waals surface area contributed by atoms with Gasteiger partial charge in [0.15, 0.2) is 0 Å². The fourth-order valence-electron chi connectivity index (χ4n) is 2.66. The van der Waals surface area contributed by atoms with E-state index in [0.717, 1.165) is 0 Å². The van der Waals surface area contributed by atoms with Gasteiger partial charge in [-0.1, -0.05) is 117 Å². The summed E-state index contributed by atoms with van der Waals surface area (Å²) in [4.78, 5) is 9.71. The number of hydrazine groups is 2. The summed E-state index contributed by atoms with van der Waals surface area (Å²) in [6.45, 7) is 4.59. The van der Waals surface area contributed by atoms with Gasteiger partial charge in [0.05, 0.1) is 0 Å². The van der Waals surface area contributed by atoms with Crippen LogP contribution in [0.25, 0.3) is 0 Å². The van der Waals surface area contributed by atoms with Gasteiger partial charge in [-0.25, -0.2) is 16.5 Å². The van der Waals surface area contributed by atoms with Gasteiger partial charge in [0.25, 0.3) is 0 Å². The molecule has 0 saturated carbocycles. The van der Waals surface area contributed by atoms with Crippen molar-refractivity contribution in [2.75, 3.05) is 0 Å². The zero-order valence-electron chi connectivity index (χ0n) is 16.4. The lowest BCUT2D eigenvalue weighted by molar-refractivity contribution is 0.241. The molecule has 0 rings (SSSR count). The highest BCUT2D eigenvalue weighted by molar-refractivity contribution is 5.72. The van der Waals surface area contributed by atoms with E-state index in [1.165, 1.54) is 103 Å². The maximum absolute atomic E-state index is 9.71. The van der Waals surface area contributed by atoms with E-state index in [1.54, 1.807) is 10.9 Å². The Balaban J connectivity index is 0. The molecule has 0 aliphatic carbocycles. The second-order valence-electron chi connectivity index (χ2n) is 6.57. The van der Waals surface area contributed by atoms with Crippen molar-refractivity contribution < 1.29 is 4.79 Å². The average molecular weight is 345 g/mol. The van der Waals surface area contributed by atoms with E-state index < -0.39 is 6.03 Å². The van der Waals surface area contributed by atoms with Crippen molar-refractivity contribution in [1.29, 1.82) is 0 Å². The summed E-state index contributed by atoms with van der Waals surface area (Å²) in [5.41, 5.74) is 3.48. The summed E-state index contributed by atoms with van der Waals surface area (Å²) in [5, 5.41) is 0. The fourth-order valence-corrected chi connectivity index (χ4v) is 2.66. The van der Waals surface area contributed by atoms with Crippen LogP contribution >= 0.6 is 0 Å². The number of hydrogen-bond acceptors (Lipinski definition) is 3. The topological polar surface area (TPSA) is 93.2 Å². The quantitative estimate of drug-likeness (QED) is 0.140. The summed E-state index contributed by atoms with van der Waals surface area (Å²) in [6.07, 6.45) is 23.4. The number of nitrogens with two attached hydrogens (primary N) is 2. The van der Waals surface area contributed by atoms with Crippen LogP contribution < -0.4 is 22.5 Å². The first-order valence-electron chi connectivity index (χ1n) is 10.2. The third-order valence-corrected chi connectivity index (χ3v) is 4.22. The number of carbonyl (C=O) groups is 1. The van der Waals surface area contributed by atoms with Crippen LogP contribution in [0.1, 0.15) is 117 Å². The van der Waals surface area contributed by atoms with Crippen molar-refractivity contribution in [3.63, 3.8) is 0 Å². The van der Waals surface area contributed by atoms with Crippen LogP contribution in [-0.4, -0.2) is 6.03 Å². The average Bonchev–Trinajstić information content (AvgIpc) is 2.62. The third-order valence-electron chi connectivity index (χ3n) is 4.22. The Morgan fingerprint density at radius 3 is 0.875 bits per heavy atom. The molecule has 0 saturated heterocycles. The van der Waals surface area contributed by atoms with Gasteiger partial charge < -0.3 is 0 Å². The lowest BCUT2D eigenvalue weighted by Gasteiger charge is -2.03. The Hall–Kier alpha value is -0.810. The number of rotatable bonds is 15. The predicted octanol–water partition coefficient (Wildman–Crippen LogP) is 5.30. The molecule has 0 aromatic rings. The number of carbonyl (C=O) groups excluding carboxylic acids is 1. The number of nitrogens with one attached hydrogen (secondary N) is 2. The third kappa shape index (κ3) is 26.1. The van der Waals surface area contributed by atoms with Gasteiger partial charge >= 0.3 is 6.03 Å². The molecule has 0 atom stereocenters. The summed E-state index contributed by atoms with van der Waals surface area (Å²) < 4.78 is 0. The minimum Gasteiger partial charge on any atom is -0.275 e. The minimum absolute atomic E-state index is 0.602. The van der Waals surface area contributed by atoms with Crippen LogP contribution in [0.5, 0.6) is 0 Å². The molecule has 0 aromatic carbocycles. The highest BCUT2D eigenvalue weighted by Crippen LogP contribution is 2.13. The van der Waals surface area contributed by atoms with Crippen molar-refractivity contribution in [1.82, 2.24) is 10.9 Å². The first-order chi connectivity index (χ1) is 11.7. The smallest absolute Gasteiger partial charge is 0.275 e. The first kappa shape index (κ1) is 25.4. The zero-order valence-corrected chi connectivity index (χ0v) is 16.4. The Labute approximate surface area is 150 Å². The van der Waals surface area contributed by atoms with Crippen LogP contribution in [-0.2, 0) is 0 Å². The lowest BCUT2D eigenvalue weighted by atomic mass is 10.0. The molecule has 0 heterocycles. The standard InChI is InChI=1S/C18H38.CH6N4O/c1-3-5-7-9-11-13-15-17-18-16-14-12-10-8-6-4-2;2-4-1(6)5-3/h3-18H2,1-2H3;2-3H2,(H2,4,5,6). The second kappa shape index (κ2) is 24.4. The SMILES string of the molecule is CCCCCCCCCCCCCCCCCC.NNC(=O)NN. The zero-order chi connectivity index (χ0) is 18.3. The number of unbranched alkanes of at least 4 members (excludes halogenated alkanes) is 15. The summed E-state index contributed by atoms with van der Waals surface area (Å²) in [7, 11) is 0. The molecule has 0 spiro atoms. The normalized spacial score (nSPS) is 10.0. The van der Waals surface area contributed by atoms with E-state index in [2.05, 4.69) is 25.5 Å². The van der Waals surface area contributed by atoms with Gasteiger partial charge in [0, 0.05) is 0 Å². The molecule has 5 heteroatoms. The monoisotopic (exact) mass is 344 g/mol. The van der Waals surface area contributed by atoms with Crippen LogP contribution in [0.4, 0.5) is 4.79 Å². The van der Waals surface area contributed by atoms with Crippen LogP contribution in [0.15, 0.2) is 0 Å². The van der Waals surface area contributed by atoms with E-state index in [-0.39, 0.29) is 0 Å².